The highest BCUT2D eigenvalue weighted by molar-refractivity contribution is 7.60. The van der Waals surface area contributed by atoms with E-state index < -0.39 is 15.6 Å². The number of hydrogen-bond acceptors (Lipinski definition) is 7. The van der Waals surface area contributed by atoms with E-state index in [9.17, 15) is 14.0 Å². The van der Waals surface area contributed by atoms with Gasteiger partial charge >= 0.3 is 15.6 Å². The summed E-state index contributed by atoms with van der Waals surface area (Å²) in [6.07, 6.45) is 2.41. The van der Waals surface area contributed by atoms with Gasteiger partial charge in [0.1, 0.15) is 11.6 Å². The maximum atomic E-state index is 11.4. The Balaban J connectivity index is 1.97. The molecule has 2 rings (SSSR count). The van der Waals surface area contributed by atoms with Gasteiger partial charge in [0.2, 0.25) is 0 Å². The van der Waals surface area contributed by atoms with Gasteiger partial charge in [-0.15, -0.1) is 0 Å². The van der Waals surface area contributed by atoms with E-state index in [-0.39, 0.29) is 13.0 Å². The van der Waals surface area contributed by atoms with Crippen molar-refractivity contribution in [2.24, 2.45) is 0 Å². The Labute approximate surface area is 149 Å². The number of nitrogen functional groups attached to an aromatic ring is 1. The smallest absolute Gasteiger partial charge is 0.383 e. The summed E-state index contributed by atoms with van der Waals surface area (Å²) >= 11 is 0. The molecule has 1 aromatic heterocycles. The van der Waals surface area contributed by atoms with Gasteiger partial charge in [0.05, 0.1) is 6.61 Å². The van der Waals surface area contributed by atoms with Crippen LogP contribution in [0.3, 0.4) is 0 Å². The van der Waals surface area contributed by atoms with Gasteiger partial charge in [0, 0.05) is 18.2 Å². The van der Waals surface area contributed by atoms with Gasteiger partial charge in [-0.1, -0.05) is 24.3 Å². The van der Waals surface area contributed by atoms with Crippen LogP contribution in [0, 0.1) is 6.92 Å². The summed E-state index contributed by atoms with van der Waals surface area (Å²) < 4.78 is 30.2. The van der Waals surface area contributed by atoms with Crippen LogP contribution in [0.15, 0.2) is 30.5 Å². The molecule has 0 saturated heterocycles. The first-order valence-corrected chi connectivity index (χ1v) is 10.5. The van der Waals surface area contributed by atoms with E-state index in [4.69, 9.17) is 15.5 Å². The summed E-state index contributed by atoms with van der Waals surface area (Å²) in [6.45, 7) is 1.49. The van der Waals surface area contributed by atoms with Crippen molar-refractivity contribution in [1.82, 2.24) is 9.97 Å². The molecule has 12 heteroatoms. The molecule has 1 aromatic carbocycles. The molecule has 1 unspecified atom stereocenters. The first kappa shape index (κ1) is 20.7. The van der Waals surface area contributed by atoms with Crippen molar-refractivity contribution in [2.45, 2.75) is 19.8 Å². The van der Waals surface area contributed by atoms with Crippen LogP contribution < -0.4 is 5.73 Å². The number of aromatic nitrogens is 2. The minimum atomic E-state index is -5.12. The van der Waals surface area contributed by atoms with Gasteiger partial charge in [0.25, 0.3) is 0 Å². The Hall–Kier alpha value is -1.64. The molecule has 2 aromatic rings. The molecule has 0 amide bonds. The van der Waals surface area contributed by atoms with Crippen molar-refractivity contribution >= 4 is 21.5 Å². The third kappa shape index (κ3) is 6.93. The van der Waals surface area contributed by atoms with Crippen molar-refractivity contribution in [1.29, 1.82) is 0 Å². The van der Waals surface area contributed by atoms with Gasteiger partial charge in [-0.05, 0) is 24.5 Å². The van der Waals surface area contributed by atoms with Crippen molar-refractivity contribution < 1.29 is 32.6 Å². The van der Waals surface area contributed by atoms with E-state index in [1.807, 2.05) is 12.1 Å². The number of hydrogen-bond donors (Lipinski definition) is 4. The number of benzene rings is 1. The molecule has 26 heavy (non-hydrogen) atoms. The third-order valence-corrected chi connectivity index (χ3v) is 5.44. The number of phosphoric acid groups is 2. The SMILES string of the molecule is Cc1ncc(Cc2cccc(CCOP(=O)(O)OP(=O)(O)O)c2)c(N)n1. The van der Waals surface area contributed by atoms with E-state index in [1.165, 1.54) is 0 Å². The standard InChI is InChI=1S/C14H19N3O7P2/c1-10-16-9-13(14(15)17-10)8-12-4-2-3-11(7-12)5-6-23-26(21,22)24-25(18,19)20/h2-4,7,9H,5-6,8H2,1H3,(H,21,22)(H2,15,16,17)(H2,18,19,20). The highest BCUT2D eigenvalue weighted by Crippen LogP contribution is 2.57. The molecule has 0 aliphatic rings. The number of rotatable bonds is 8. The van der Waals surface area contributed by atoms with Crippen LogP contribution >= 0.6 is 15.6 Å². The number of nitrogens with zero attached hydrogens (tertiary/aromatic N) is 2. The van der Waals surface area contributed by atoms with Gasteiger partial charge < -0.3 is 20.4 Å². The predicted molar refractivity (Wildman–Crippen MR) is 93.0 cm³/mol. The van der Waals surface area contributed by atoms with Crippen molar-refractivity contribution in [2.75, 3.05) is 12.3 Å². The summed E-state index contributed by atoms with van der Waals surface area (Å²) in [5.41, 5.74) is 8.38. The van der Waals surface area contributed by atoms with Crippen LogP contribution in [-0.4, -0.2) is 31.3 Å². The summed E-state index contributed by atoms with van der Waals surface area (Å²) in [7, 11) is -9.94. The molecular formula is C14H19N3O7P2. The molecule has 1 heterocycles. The fourth-order valence-electron chi connectivity index (χ4n) is 2.20. The van der Waals surface area contributed by atoms with Crippen LogP contribution in [-0.2, 0) is 30.8 Å². The monoisotopic (exact) mass is 403 g/mol. The van der Waals surface area contributed by atoms with Crippen molar-refractivity contribution in [3.63, 3.8) is 0 Å². The second-order valence-electron chi connectivity index (χ2n) is 5.45. The molecule has 142 valence electrons. The zero-order valence-electron chi connectivity index (χ0n) is 13.8. The maximum Gasteiger partial charge on any atom is 0.481 e. The molecule has 0 aliphatic heterocycles. The van der Waals surface area contributed by atoms with Crippen LogP contribution in [0.5, 0.6) is 0 Å². The Kier molecular flexibility index (Phi) is 6.65. The quantitative estimate of drug-likeness (QED) is 0.477. The fraction of sp³-hybridized carbons (Fsp3) is 0.286. The van der Waals surface area contributed by atoms with Crippen molar-refractivity contribution in [3.8, 4) is 0 Å². The molecule has 5 N–H and O–H groups in total. The lowest BCUT2D eigenvalue weighted by molar-refractivity contribution is 0.180. The van der Waals surface area contributed by atoms with Crippen LogP contribution in [0.1, 0.15) is 22.5 Å². The fourth-order valence-corrected chi connectivity index (χ4v) is 3.79. The van der Waals surface area contributed by atoms with E-state index in [1.54, 1.807) is 25.3 Å². The highest BCUT2D eigenvalue weighted by Gasteiger charge is 2.32. The zero-order valence-corrected chi connectivity index (χ0v) is 15.6. The van der Waals surface area contributed by atoms with E-state index in [0.29, 0.717) is 18.1 Å². The Bertz CT molecular complexity index is 871. The topological polar surface area (TPSA) is 165 Å². The van der Waals surface area contributed by atoms with Crippen LogP contribution in [0.2, 0.25) is 0 Å². The number of anilines is 1. The second kappa shape index (κ2) is 8.37. The summed E-state index contributed by atoms with van der Waals surface area (Å²) in [4.78, 5) is 34.5. The van der Waals surface area contributed by atoms with Crippen LogP contribution in [0.4, 0.5) is 5.82 Å². The summed E-state index contributed by atoms with van der Waals surface area (Å²) in [5.74, 6) is 0.991. The first-order valence-electron chi connectivity index (χ1n) is 7.44. The summed E-state index contributed by atoms with van der Waals surface area (Å²) in [6, 6.07) is 7.33. The van der Waals surface area contributed by atoms with Gasteiger partial charge in [-0.25, -0.2) is 19.1 Å². The highest BCUT2D eigenvalue weighted by atomic mass is 31.3. The van der Waals surface area contributed by atoms with Crippen molar-refractivity contribution in [3.05, 3.63) is 53.0 Å². The average Bonchev–Trinajstić information content (AvgIpc) is 2.48. The van der Waals surface area contributed by atoms with E-state index >= 15 is 0 Å². The Morgan fingerprint density at radius 2 is 1.88 bits per heavy atom. The molecule has 1 atom stereocenters. The maximum absolute atomic E-state index is 11.4. The molecule has 0 radical (unpaired) electrons. The number of phosphoric ester groups is 1. The Morgan fingerprint density at radius 1 is 1.19 bits per heavy atom. The lowest BCUT2D eigenvalue weighted by Crippen LogP contribution is -2.03. The molecule has 0 saturated carbocycles. The lowest BCUT2D eigenvalue weighted by Gasteiger charge is -2.12. The molecule has 0 fully saturated rings. The summed E-state index contributed by atoms with van der Waals surface area (Å²) in [5, 5.41) is 0. The second-order valence-corrected chi connectivity index (χ2v) is 8.28. The van der Waals surface area contributed by atoms with Gasteiger partial charge in [-0.2, -0.15) is 4.31 Å². The molecule has 0 spiro atoms. The zero-order chi connectivity index (χ0) is 19.4. The normalized spacial score (nSPS) is 14.2. The lowest BCUT2D eigenvalue weighted by atomic mass is 10.0. The van der Waals surface area contributed by atoms with Crippen LogP contribution in [0.25, 0.3) is 0 Å². The molecule has 10 nitrogen and oxygen atoms in total. The minimum absolute atomic E-state index is 0.239. The first-order chi connectivity index (χ1) is 12.0. The van der Waals surface area contributed by atoms with Gasteiger partial charge in [-0.3, -0.25) is 4.52 Å². The molecular weight excluding hydrogens is 384 g/mol. The molecule has 0 bridgehead atoms. The minimum Gasteiger partial charge on any atom is -0.383 e. The molecule has 0 aliphatic carbocycles. The largest absolute Gasteiger partial charge is 0.481 e. The third-order valence-electron chi connectivity index (χ3n) is 3.26. The van der Waals surface area contributed by atoms with E-state index in [2.05, 4.69) is 18.8 Å². The number of nitrogens with two attached hydrogens (primary N) is 1. The van der Waals surface area contributed by atoms with Gasteiger partial charge in [0.15, 0.2) is 0 Å². The number of aryl methyl sites for hydroxylation is 1. The average molecular weight is 403 g/mol. The predicted octanol–water partition coefficient (Wildman–Crippen LogP) is 1.73. The van der Waals surface area contributed by atoms with E-state index in [0.717, 1.165) is 16.7 Å². The Morgan fingerprint density at radius 3 is 2.54 bits per heavy atom.